The van der Waals surface area contributed by atoms with Crippen LogP contribution in [-0.2, 0) is 25.1 Å². The van der Waals surface area contributed by atoms with Crippen LogP contribution >= 0.6 is 11.6 Å². The van der Waals surface area contributed by atoms with Gasteiger partial charge in [0.1, 0.15) is 80.8 Å². The van der Waals surface area contributed by atoms with Crippen LogP contribution in [0.4, 0.5) is 36.4 Å². The molecular formula is C79H72ClF3N30O8. The number of aromatic nitrogens is 24. The van der Waals surface area contributed by atoms with Crippen LogP contribution in [0.15, 0.2) is 165 Å². The maximum absolute atomic E-state index is 13.2. The molecule has 8 atom stereocenters. The van der Waals surface area contributed by atoms with Crippen LogP contribution in [0.5, 0.6) is 0 Å². The van der Waals surface area contributed by atoms with Gasteiger partial charge in [-0.2, -0.15) is 28.7 Å². The Hall–Kier alpha value is -14.3. The maximum Gasteiger partial charge on any atom is 0.417 e. The van der Waals surface area contributed by atoms with E-state index in [1.165, 1.54) is 16.7 Å². The lowest BCUT2D eigenvalue weighted by atomic mass is 10.2. The molecule has 20 heterocycles. The summed E-state index contributed by atoms with van der Waals surface area (Å²) in [5, 5.41) is 46.8. The molecule has 0 N–H and O–H groups in total. The summed E-state index contributed by atoms with van der Waals surface area (Å²) in [5.41, 5.74) is 5.47. The lowest BCUT2D eigenvalue weighted by Crippen LogP contribution is -2.43. The van der Waals surface area contributed by atoms with Crippen LogP contribution in [0.1, 0.15) is 116 Å². The zero-order valence-corrected chi connectivity index (χ0v) is 66.6. The zero-order chi connectivity index (χ0) is 83.7. The molecule has 16 aromatic heterocycles. The van der Waals surface area contributed by atoms with Crippen molar-refractivity contribution in [3.8, 4) is 58.2 Å². The number of halogens is 4. The number of morpholine rings is 4. The molecule has 0 aliphatic carbocycles. The Balaban J connectivity index is 0.000000115. The summed E-state index contributed by atoms with van der Waals surface area (Å²) in [6.45, 7) is 19.6. The maximum atomic E-state index is 13.2. The minimum Gasteiger partial charge on any atom is -0.423 e. The van der Waals surface area contributed by atoms with Gasteiger partial charge in [0.2, 0.25) is 35.3 Å². The van der Waals surface area contributed by atoms with E-state index < -0.39 is 17.8 Å². The van der Waals surface area contributed by atoms with Crippen molar-refractivity contribution >= 4 is 57.5 Å². The number of hydrogen-bond acceptors (Lipinski definition) is 34. The molecule has 121 heavy (non-hydrogen) atoms. The second-order valence-corrected chi connectivity index (χ2v) is 29.2. The minimum absolute atomic E-state index is 0.0195. The number of rotatable bonds is 12. The van der Waals surface area contributed by atoms with Gasteiger partial charge >= 0.3 is 6.18 Å². The quantitative estimate of drug-likeness (QED) is 0.110. The van der Waals surface area contributed by atoms with E-state index in [0.29, 0.717) is 162 Å². The fourth-order valence-electron chi connectivity index (χ4n) is 14.3. The predicted molar refractivity (Wildman–Crippen MR) is 422 cm³/mol. The van der Waals surface area contributed by atoms with Gasteiger partial charge < -0.3 is 56.3 Å². The first kappa shape index (κ1) is 79.2. The fourth-order valence-corrected chi connectivity index (χ4v) is 14.5. The average Bonchev–Trinajstić information content (AvgIpc) is 1.70. The molecule has 16 aromatic rings. The van der Waals surface area contributed by atoms with Gasteiger partial charge in [-0.05, 0) is 107 Å². The first-order valence-electron chi connectivity index (χ1n) is 38.1. The lowest BCUT2D eigenvalue weighted by molar-refractivity contribution is -0.137. The van der Waals surface area contributed by atoms with E-state index in [4.69, 9.17) is 63.3 Å². The number of pyridine rings is 4. The van der Waals surface area contributed by atoms with Gasteiger partial charge in [0, 0.05) is 96.5 Å². The Morgan fingerprint density at radius 1 is 0.380 bits per heavy atom. The highest BCUT2D eigenvalue weighted by Gasteiger charge is 2.37. The summed E-state index contributed by atoms with van der Waals surface area (Å²) in [6.07, 6.45) is 13.5. The summed E-state index contributed by atoms with van der Waals surface area (Å²) < 4.78 is 92.3. The van der Waals surface area contributed by atoms with Crippen molar-refractivity contribution in [2.24, 2.45) is 0 Å². The van der Waals surface area contributed by atoms with Gasteiger partial charge in [-0.1, -0.05) is 16.8 Å². The van der Waals surface area contributed by atoms with Gasteiger partial charge in [0.25, 0.3) is 5.89 Å². The summed E-state index contributed by atoms with van der Waals surface area (Å²) in [5.74, 6) is 8.65. The second-order valence-electron chi connectivity index (χ2n) is 28.8. The third kappa shape index (κ3) is 17.4. The third-order valence-electron chi connectivity index (χ3n) is 19.7. The molecule has 614 valence electrons. The first-order valence-corrected chi connectivity index (χ1v) is 38.5. The van der Waals surface area contributed by atoms with Gasteiger partial charge in [-0.25, -0.2) is 59.8 Å². The van der Waals surface area contributed by atoms with Gasteiger partial charge in [-0.3, -0.25) is 17.6 Å². The fraction of sp³-hybridized carbons (Fsp3) is 0.316. The largest absolute Gasteiger partial charge is 0.423 e. The number of fused-ring (bicyclic) bond motifs is 4. The van der Waals surface area contributed by atoms with Crippen molar-refractivity contribution in [3.05, 3.63) is 216 Å². The molecule has 0 saturated carbocycles. The smallest absolute Gasteiger partial charge is 0.417 e. The number of nitrogens with zero attached hydrogens (tertiary/aromatic N) is 30. The van der Waals surface area contributed by atoms with Crippen molar-refractivity contribution in [2.75, 3.05) is 72.0 Å². The van der Waals surface area contributed by atoms with Crippen molar-refractivity contribution in [1.29, 1.82) is 10.5 Å². The molecule has 4 fully saturated rings. The van der Waals surface area contributed by atoms with Crippen LogP contribution < -0.4 is 19.6 Å². The summed E-state index contributed by atoms with van der Waals surface area (Å²) in [6, 6.07) is 24.7. The minimum atomic E-state index is -4.47. The summed E-state index contributed by atoms with van der Waals surface area (Å²) >= 11 is 6.15. The van der Waals surface area contributed by atoms with E-state index >= 15 is 0 Å². The van der Waals surface area contributed by atoms with Crippen LogP contribution in [0.25, 0.3) is 68.7 Å². The third-order valence-corrected chi connectivity index (χ3v) is 19.9. The van der Waals surface area contributed by atoms with Gasteiger partial charge in [-0.15, -0.1) is 30.6 Å². The predicted octanol–water partition coefficient (Wildman–Crippen LogP) is 11.2. The standard InChI is InChI=1S/C20H18F3N7O2.2C20H18N8O2.C19H18ClN7O2/c1-11-8-29(10-15(31-11)19-28-27-12(2)32-19)17-5-6-24-18(26-17)14-7-25-16-4-3-13(9-30(14)16)20(21,22)23;1-12-9-27(11-16(29-12)20-26-25-13(2)30-20)18-5-6-22-19(24-18)15-8-23-17-4-3-14(7-21)10-28(15)17;1-12-9-27(11-16(29-12)20-24-13(2)26-30-20)18-5-6-22-19(25-18)15-8-23-17-4-3-14(7-21)10-28(15)17;1-11-8-26(10-15(28-11)19-25-24-12(2)29-19)17-5-6-21-18(23-17)14-7-22-16-4-3-13(20)9-27(14)16/h3-7,9,11,15H,8,10H2,1-2H3;2*3-6,8,10,12,16H,9,11H2,1-2H3;3-7,9,11,15H,8,10H2,1-2H3/t11-,15-;2*12-,16-;11-,15-/m0010/s1. The zero-order valence-electron chi connectivity index (χ0n) is 65.8. The number of nitriles is 2. The SMILES string of the molecule is Cc1nnc([C@@H]2CN(c3ccnc(-c4cnc5ccc(C#N)cn45)n3)C[C@H](C)O2)o1.Cc1nnc([C@@H]2CN(c3ccnc(-c4cnc5ccc(C(F)(F)F)cn45)n3)C[C@H](C)O2)o1.Cc1nnc([C@@H]2CN(c3ccnc(-c4cnc5ccc(Cl)cn45)n3)C[C@H](C)O2)o1.Cc1noc([C@H]2CN(c3ccnc(-c4cnc5ccc(C#N)cn45)n3)C[C@@H](C)O2)n1. The van der Waals surface area contributed by atoms with E-state index in [1.54, 1.807) is 126 Å². The molecular weight excluding hydrogens is 1590 g/mol. The Morgan fingerprint density at radius 3 is 1.02 bits per heavy atom. The van der Waals surface area contributed by atoms with E-state index in [1.807, 2.05) is 70.1 Å². The molecule has 4 saturated heterocycles. The number of imidazole rings is 4. The molecule has 38 nitrogen and oxygen atoms in total. The number of ether oxygens (including phenoxy) is 4. The highest BCUT2D eigenvalue weighted by molar-refractivity contribution is 6.30. The normalized spacial score (nSPS) is 19.4. The van der Waals surface area contributed by atoms with Crippen molar-refractivity contribution in [2.45, 2.75) is 110 Å². The van der Waals surface area contributed by atoms with E-state index in [9.17, 15) is 23.7 Å². The Kier molecular flexibility index (Phi) is 22.0. The molecule has 4 aliphatic heterocycles. The molecule has 42 heteroatoms. The molecule has 4 aliphatic rings. The van der Waals surface area contributed by atoms with Crippen LogP contribution in [0.2, 0.25) is 5.02 Å². The topological polar surface area (TPSA) is 425 Å². The molecule has 0 bridgehead atoms. The Bertz CT molecular complexity index is 6310. The Labute approximate surface area is 689 Å². The monoisotopic (exact) mass is 1660 g/mol. The summed E-state index contributed by atoms with van der Waals surface area (Å²) in [7, 11) is 0. The molecule has 0 aromatic carbocycles. The van der Waals surface area contributed by atoms with Gasteiger partial charge in [0.15, 0.2) is 53.5 Å². The van der Waals surface area contributed by atoms with Gasteiger partial charge in [0.05, 0.1) is 97.1 Å². The van der Waals surface area contributed by atoms with Crippen molar-refractivity contribution in [3.63, 3.8) is 0 Å². The number of aryl methyl sites for hydroxylation is 4. The molecule has 0 amide bonds. The van der Waals surface area contributed by atoms with Crippen molar-refractivity contribution < 1.29 is 49.9 Å². The van der Waals surface area contributed by atoms with E-state index in [2.05, 4.69) is 112 Å². The lowest BCUT2D eigenvalue weighted by Gasteiger charge is -2.36. The first-order chi connectivity index (χ1) is 58.5. The number of alkyl halides is 3. The van der Waals surface area contributed by atoms with E-state index in [-0.39, 0.29) is 48.6 Å². The van der Waals surface area contributed by atoms with Crippen LogP contribution in [-0.4, -0.2) is 195 Å². The number of hydrogen-bond donors (Lipinski definition) is 0. The summed E-state index contributed by atoms with van der Waals surface area (Å²) in [4.78, 5) is 66.5. The molecule has 20 rings (SSSR count). The second kappa shape index (κ2) is 33.6. The Morgan fingerprint density at radius 2 is 0.702 bits per heavy atom. The molecule has 0 radical (unpaired) electrons. The highest BCUT2D eigenvalue weighted by atomic mass is 35.5. The molecule has 0 unspecified atom stereocenters. The highest BCUT2D eigenvalue weighted by Crippen LogP contribution is 2.36. The number of anilines is 4. The van der Waals surface area contributed by atoms with Crippen LogP contribution in [0.3, 0.4) is 0 Å². The van der Waals surface area contributed by atoms with E-state index in [0.717, 1.165) is 52.4 Å². The van der Waals surface area contributed by atoms with Crippen LogP contribution in [0, 0.1) is 50.4 Å². The molecule has 0 spiro atoms. The van der Waals surface area contributed by atoms with Crippen molar-refractivity contribution in [1.82, 2.24) is 118 Å². The average molecular weight is 1660 g/mol.